The van der Waals surface area contributed by atoms with Gasteiger partial charge in [-0.15, -0.1) is 0 Å². The van der Waals surface area contributed by atoms with Gasteiger partial charge in [-0.2, -0.15) is 0 Å². The molecule has 2 fully saturated rings. The third-order valence-corrected chi connectivity index (χ3v) is 3.52. The van der Waals surface area contributed by atoms with E-state index in [1.165, 1.54) is 5.69 Å². The van der Waals surface area contributed by atoms with Crippen molar-refractivity contribution in [1.82, 2.24) is 5.32 Å². The van der Waals surface area contributed by atoms with Crippen LogP contribution in [0, 0.1) is 0 Å². The SMILES string of the molecule is Brc1cccc(N2CCOCC2)c1.C1COCCN1. The second kappa shape index (κ2) is 8.53. The summed E-state index contributed by atoms with van der Waals surface area (Å²) in [5.41, 5.74) is 1.28. The first-order valence-corrected chi connectivity index (χ1v) is 7.52. The monoisotopic (exact) mass is 328 g/mol. The lowest BCUT2D eigenvalue weighted by Crippen LogP contribution is -2.36. The normalized spacial score (nSPS) is 19.5. The van der Waals surface area contributed by atoms with Gasteiger partial charge >= 0.3 is 0 Å². The van der Waals surface area contributed by atoms with Gasteiger partial charge in [0.15, 0.2) is 0 Å². The minimum Gasteiger partial charge on any atom is -0.379 e. The van der Waals surface area contributed by atoms with Crippen LogP contribution in [0.4, 0.5) is 5.69 Å². The predicted molar refractivity (Wildman–Crippen MR) is 80.9 cm³/mol. The maximum atomic E-state index is 5.30. The summed E-state index contributed by atoms with van der Waals surface area (Å²) in [6.45, 7) is 7.51. The number of anilines is 1. The van der Waals surface area contributed by atoms with Crippen LogP contribution in [-0.4, -0.2) is 52.6 Å². The van der Waals surface area contributed by atoms with Crippen LogP contribution in [0.1, 0.15) is 0 Å². The highest BCUT2D eigenvalue weighted by atomic mass is 79.9. The zero-order chi connectivity index (χ0) is 13.3. The number of ether oxygens (including phenoxy) is 2. The molecule has 4 nitrogen and oxygen atoms in total. The van der Waals surface area contributed by atoms with Crippen molar-refractivity contribution in [3.8, 4) is 0 Å². The molecule has 19 heavy (non-hydrogen) atoms. The minimum atomic E-state index is 0.840. The molecule has 0 bridgehead atoms. The van der Waals surface area contributed by atoms with Gasteiger partial charge in [0.2, 0.25) is 0 Å². The summed E-state index contributed by atoms with van der Waals surface area (Å²) >= 11 is 3.47. The molecular formula is C14H21BrN2O2. The Kier molecular flexibility index (Phi) is 6.64. The molecule has 2 aliphatic heterocycles. The van der Waals surface area contributed by atoms with Crippen LogP contribution in [0.5, 0.6) is 0 Å². The lowest BCUT2D eigenvalue weighted by Gasteiger charge is -2.28. The average Bonchev–Trinajstić information content (AvgIpc) is 2.51. The van der Waals surface area contributed by atoms with E-state index in [0.29, 0.717) is 0 Å². The smallest absolute Gasteiger partial charge is 0.0642 e. The lowest BCUT2D eigenvalue weighted by molar-refractivity contribution is 0.109. The molecule has 3 rings (SSSR count). The van der Waals surface area contributed by atoms with Crippen LogP contribution in [0.25, 0.3) is 0 Å². The molecule has 0 unspecified atom stereocenters. The molecule has 5 heteroatoms. The topological polar surface area (TPSA) is 33.7 Å². The van der Waals surface area contributed by atoms with Gasteiger partial charge in [-0.25, -0.2) is 0 Å². The van der Waals surface area contributed by atoms with Gasteiger partial charge in [-0.05, 0) is 18.2 Å². The van der Waals surface area contributed by atoms with Crippen LogP contribution >= 0.6 is 15.9 Å². The van der Waals surface area contributed by atoms with Gasteiger partial charge < -0.3 is 19.7 Å². The van der Waals surface area contributed by atoms with E-state index in [0.717, 1.165) is 57.1 Å². The van der Waals surface area contributed by atoms with Crippen LogP contribution in [0.2, 0.25) is 0 Å². The maximum Gasteiger partial charge on any atom is 0.0642 e. The number of benzene rings is 1. The fourth-order valence-electron chi connectivity index (χ4n) is 2.01. The van der Waals surface area contributed by atoms with Gasteiger partial charge in [0, 0.05) is 36.3 Å². The molecule has 0 saturated carbocycles. The van der Waals surface area contributed by atoms with Gasteiger partial charge in [0.25, 0.3) is 0 Å². The number of nitrogens with zero attached hydrogens (tertiary/aromatic N) is 1. The summed E-state index contributed by atoms with van der Waals surface area (Å²) in [5.74, 6) is 0. The lowest BCUT2D eigenvalue weighted by atomic mass is 10.3. The van der Waals surface area contributed by atoms with Gasteiger partial charge in [0.05, 0.1) is 26.4 Å². The first kappa shape index (κ1) is 14.8. The standard InChI is InChI=1S/C10H12BrNO.C4H9NO/c11-9-2-1-3-10(8-9)12-4-6-13-7-5-12;1-3-6-4-2-5-1/h1-3,8H,4-7H2;5H,1-4H2. The van der Waals surface area contributed by atoms with Crippen LogP contribution in [0.3, 0.4) is 0 Å². The molecule has 0 atom stereocenters. The number of rotatable bonds is 1. The summed E-state index contributed by atoms with van der Waals surface area (Å²) < 4.78 is 11.4. The predicted octanol–water partition coefficient (Wildman–Crippen LogP) is 1.89. The number of halogens is 1. The van der Waals surface area contributed by atoms with Crippen LogP contribution in [-0.2, 0) is 9.47 Å². The molecule has 0 amide bonds. The van der Waals surface area contributed by atoms with E-state index in [2.05, 4.69) is 44.3 Å². The summed E-state index contributed by atoms with van der Waals surface area (Å²) in [5, 5.41) is 3.16. The Bertz CT molecular complexity index is 355. The van der Waals surface area contributed by atoms with E-state index >= 15 is 0 Å². The number of morpholine rings is 2. The van der Waals surface area contributed by atoms with Crippen molar-refractivity contribution in [3.05, 3.63) is 28.7 Å². The maximum absolute atomic E-state index is 5.30. The molecule has 0 radical (unpaired) electrons. The fraction of sp³-hybridized carbons (Fsp3) is 0.571. The molecular weight excluding hydrogens is 308 g/mol. The van der Waals surface area contributed by atoms with Crippen LogP contribution in [0.15, 0.2) is 28.7 Å². The summed E-state index contributed by atoms with van der Waals surface area (Å²) in [6, 6.07) is 8.39. The summed E-state index contributed by atoms with van der Waals surface area (Å²) in [4.78, 5) is 2.34. The molecule has 1 aromatic rings. The zero-order valence-electron chi connectivity index (χ0n) is 11.1. The third kappa shape index (κ3) is 5.48. The quantitative estimate of drug-likeness (QED) is 0.853. The van der Waals surface area contributed by atoms with Crippen molar-refractivity contribution >= 4 is 21.6 Å². The number of nitrogens with one attached hydrogen (secondary N) is 1. The van der Waals surface area contributed by atoms with E-state index in [1.54, 1.807) is 0 Å². The van der Waals surface area contributed by atoms with Crippen LogP contribution < -0.4 is 10.2 Å². The Labute approximate surface area is 123 Å². The first-order chi connectivity index (χ1) is 9.36. The molecule has 0 aliphatic carbocycles. The van der Waals surface area contributed by atoms with Crippen molar-refractivity contribution in [2.45, 2.75) is 0 Å². The van der Waals surface area contributed by atoms with Crippen molar-refractivity contribution in [1.29, 1.82) is 0 Å². The second-order valence-corrected chi connectivity index (χ2v) is 5.36. The molecule has 106 valence electrons. The Morgan fingerprint density at radius 2 is 1.68 bits per heavy atom. The second-order valence-electron chi connectivity index (χ2n) is 4.44. The van der Waals surface area contributed by atoms with E-state index in [1.807, 2.05) is 6.07 Å². The van der Waals surface area contributed by atoms with Crippen molar-refractivity contribution in [2.24, 2.45) is 0 Å². The van der Waals surface area contributed by atoms with E-state index in [4.69, 9.17) is 9.47 Å². The Balaban J connectivity index is 0.000000186. The average molecular weight is 329 g/mol. The number of hydrogen-bond acceptors (Lipinski definition) is 4. The Morgan fingerprint density at radius 1 is 1.00 bits per heavy atom. The molecule has 1 N–H and O–H groups in total. The zero-order valence-corrected chi connectivity index (χ0v) is 12.7. The highest BCUT2D eigenvalue weighted by Gasteiger charge is 2.10. The molecule has 2 saturated heterocycles. The highest BCUT2D eigenvalue weighted by Crippen LogP contribution is 2.20. The molecule has 0 spiro atoms. The van der Waals surface area contributed by atoms with Gasteiger partial charge in [-0.3, -0.25) is 0 Å². The molecule has 2 heterocycles. The van der Waals surface area contributed by atoms with Crippen molar-refractivity contribution in [2.75, 3.05) is 57.5 Å². The molecule has 2 aliphatic rings. The van der Waals surface area contributed by atoms with Crippen molar-refractivity contribution < 1.29 is 9.47 Å². The fourth-order valence-corrected chi connectivity index (χ4v) is 2.40. The van der Waals surface area contributed by atoms with E-state index < -0.39 is 0 Å². The molecule has 0 aromatic heterocycles. The minimum absolute atomic E-state index is 0.840. The molecule has 1 aromatic carbocycles. The van der Waals surface area contributed by atoms with Gasteiger partial charge in [-0.1, -0.05) is 22.0 Å². The first-order valence-electron chi connectivity index (χ1n) is 6.73. The summed E-state index contributed by atoms with van der Waals surface area (Å²) in [6.07, 6.45) is 0. The van der Waals surface area contributed by atoms with Crippen molar-refractivity contribution in [3.63, 3.8) is 0 Å². The third-order valence-electron chi connectivity index (χ3n) is 3.03. The largest absolute Gasteiger partial charge is 0.379 e. The van der Waals surface area contributed by atoms with Gasteiger partial charge in [0.1, 0.15) is 0 Å². The highest BCUT2D eigenvalue weighted by molar-refractivity contribution is 9.10. The number of hydrogen-bond donors (Lipinski definition) is 1. The Hall–Kier alpha value is -0.620. The Morgan fingerprint density at radius 3 is 2.21 bits per heavy atom. The summed E-state index contributed by atoms with van der Waals surface area (Å²) in [7, 11) is 0. The van der Waals surface area contributed by atoms with E-state index in [9.17, 15) is 0 Å². The van der Waals surface area contributed by atoms with E-state index in [-0.39, 0.29) is 0 Å².